The first-order valence-electron chi connectivity index (χ1n) is 19.5. The molecule has 0 aliphatic heterocycles. The summed E-state index contributed by atoms with van der Waals surface area (Å²) in [4.78, 5) is 20.5. The van der Waals surface area contributed by atoms with Gasteiger partial charge in [0.05, 0.1) is 33.1 Å². The van der Waals surface area contributed by atoms with Crippen LogP contribution < -0.4 is 0 Å². The molecule has 0 radical (unpaired) electrons. The molecule has 0 bridgehead atoms. The number of para-hydroxylation sites is 3. The quantitative estimate of drug-likeness (QED) is 0.176. The van der Waals surface area contributed by atoms with Gasteiger partial charge in [0.1, 0.15) is 5.65 Å². The lowest BCUT2D eigenvalue weighted by atomic mass is 10.0. The summed E-state index contributed by atoms with van der Waals surface area (Å²) in [7, 11) is 0. The van der Waals surface area contributed by atoms with E-state index in [4.69, 9.17) is 19.9 Å². The summed E-state index contributed by atoms with van der Waals surface area (Å²) in [5.41, 5.74) is 11.2. The first-order valence-corrected chi connectivity index (χ1v) is 19.5. The highest BCUT2D eigenvalue weighted by molar-refractivity contribution is 6.26. The molecule has 0 fully saturated rings. The summed E-state index contributed by atoms with van der Waals surface area (Å²) in [6.07, 6.45) is 0. The normalized spacial score (nSPS) is 11.8. The van der Waals surface area contributed by atoms with Gasteiger partial charge in [-0.3, -0.25) is 4.40 Å². The minimum atomic E-state index is 0.618. The van der Waals surface area contributed by atoms with E-state index in [0.717, 1.165) is 72.1 Å². The molecular weight excluding hydrogens is 709 g/mol. The molecule has 0 N–H and O–H groups in total. The molecule has 58 heavy (non-hydrogen) atoms. The first kappa shape index (κ1) is 32.3. The van der Waals surface area contributed by atoms with Gasteiger partial charge in [0.2, 0.25) is 0 Å². The average molecular weight is 741 g/mol. The number of hydrogen-bond donors (Lipinski definition) is 0. The molecule has 0 atom stereocenters. The Morgan fingerprint density at radius 1 is 0.345 bits per heavy atom. The van der Waals surface area contributed by atoms with E-state index >= 15 is 0 Å². The van der Waals surface area contributed by atoms with E-state index < -0.39 is 0 Å². The van der Waals surface area contributed by atoms with Crippen molar-refractivity contribution in [2.24, 2.45) is 0 Å². The fraction of sp³-hybridized carbons (Fsp3) is 0. The van der Waals surface area contributed by atoms with E-state index in [2.05, 4.69) is 173 Å². The lowest BCUT2D eigenvalue weighted by molar-refractivity contribution is 1.07. The number of rotatable bonds is 5. The smallest absolute Gasteiger partial charge is 0.164 e. The lowest BCUT2D eigenvalue weighted by Crippen LogP contribution is -2.01. The molecule has 0 amide bonds. The van der Waals surface area contributed by atoms with Crippen LogP contribution in [-0.4, -0.2) is 28.9 Å². The van der Waals surface area contributed by atoms with Gasteiger partial charge in [0, 0.05) is 33.2 Å². The Labute approximate surface area is 333 Å². The Bertz CT molecular complexity index is 3550. The Morgan fingerprint density at radius 3 is 1.69 bits per heavy atom. The zero-order chi connectivity index (χ0) is 38.2. The van der Waals surface area contributed by atoms with Crippen LogP contribution in [0.15, 0.2) is 194 Å². The number of nitrogens with zero attached hydrogens (tertiary/aromatic N) is 6. The summed E-state index contributed by atoms with van der Waals surface area (Å²) in [6, 6.07) is 68.0. The molecule has 12 rings (SSSR count). The van der Waals surface area contributed by atoms with Gasteiger partial charge in [-0.2, -0.15) is 0 Å². The second kappa shape index (κ2) is 12.8. The Hall–Kier alpha value is -7.96. The maximum Gasteiger partial charge on any atom is 0.164 e. The average Bonchev–Trinajstić information content (AvgIpc) is 3.82. The molecule has 0 saturated carbocycles. The Morgan fingerprint density at radius 2 is 0.914 bits per heavy atom. The lowest BCUT2D eigenvalue weighted by Gasteiger charge is -2.13. The van der Waals surface area contributed by atoms with Crippen molar-refractivity contribution in [1.82, 2.24) is 28.9 Å². The molecule has 12 aromatic rings. The second-order valence-electron chi connectivity index (χ2n) is 14.7. The van der Waals surface area contributed by atoms with Crippen LogP contribution in [0.2, 0.25) is 0 Å². The van der Waals surface area contributed by atoms with Crippen molar-refractivity contribution in [1.29, 1.82) is 0 Å². The van der Waals surface area contributed by atoms with Gasteiger partial charge < -0.3 is 4.57 Å². The van der Waals surface area contributed by atoms with E-state index in [1.54, 1.807) is 0 Å². The largest absolute Gasteiger partial charge is 0.308 e. The molecule has 6 heteroatoms. The Kier molecular flexibility index (Phi) is 7.13. The van der Waals surface area contributed by atoms with Gasteiger partial charge in [-0.15, -0.1) is 0 Å². The van der Waals surface area contributed by atoms with Crippen molar-refractivity contribution in [3.05, 3.63) is 194 Å². The maximum absolute atomic E-state index is 5.39. The van der Waals surface area contributed by atoms with Crippen molar-refractivity contribution < 1.29 is 0 Å². The fourth-order valence-electron chi connectivity index (χ4n) is 8.69. The fourth-order valence-corrected chi connectivity index (χ4v) is 8.69. The molecular formula is C52H32N6. The molecule has 0 aliphatic rings. The highest BCUT2D eigenvalue weighted by Crippen LogP contribution is 2.44. The van der Waals surface area contributed by atoms with Gasteiger partial charge >= 0.3 is 0 Å². The van der Waals surface area contributed by atoms with E-state index in [9.17, 15) is 0 Å². The molecule has 0 saturated heterocycles. The van der Waals surface area contributed by atoms with Crippen molar-refractivity contribution >= 4 is 60.0 Å². The summed E-state index contributed by atoms with van der Waals surface area (Å²) >= 11 is 0. The van der Waals surface area contributed by atoms with Gasteiger partial charge in [0.15, 0.2) is 17.5 Å². The van der Waals surface area contributed by atoms with Crippen LogP contribution in [0.3, 0.4) is 0 Å². The molecule has 0 spiro atoms. The van der Waals surface area contributed by atoms with Crippen LogP contribution in [0.4, 0.5) is 0 Å². The Balaban J connectivity index is 1.11. The van der Waals surface area contributed by atoms with Crippen LogP contribution in [-0.2, 0) is 0 Å². The number of aromatic nitrogens is 6. The minimum Gasteiger partial charge on any atom is -0.308 e. The van der Waals surface area contributed by atoms with Crippen LogP contribution in [0.1, 0.15) is 0 Å². The number of fused-ring (bicyclic) bond motifs is 8. The van der Waals surface area contributed by atoms with Crippen molar-refractivity contribution in [3.8, 4) is 51.1 Å². The highest BCUT2D eigenvalue weighted by atomic mass is 15.1. The van der Waals surface area contributed by atoms with Crippen molar-refractivity contribution in [2.75, 3.05) is 0 Å². The van der Waals surface area contributed by atoms with Gasteiger partial charge in [-0.05, 0) is 76.3 Å². The van der Waals surface area contributed by atoms with E-state index in [0.29, 0.717) is 17.5 Å². The standard InChI is InChI=1S/C52H32N6/c1-3-15-34(16-4-1)48-47-46-41(40-20-9-11-23-43(40)58-44-24-12-10-22-42(44)53-52(47)58)21-13-25-45(46)57(48)39-30-28-36(29-31-39)50-54-49(35-17-5-2-6-18-35)55-51(56-50)38-27-26-33-14-7-8-19-37(33)32-38/h1-32H. The molecule has 0 aliphatic carbocycles. The molecule has 4 heterocycles. The third-order valence-corrected chi connectivity index (χ3v) is 11.3. The summed E-state index contributed by atoms with van der Waals surface area (Å²) in [6.45, 7) is 0. The van der Waals surface area contributed by atoms with Gasteiger partial charge in [-0.1, -0.05) is 140 Å². The predicted molar refractivity (Wildman–Crippen MR) is 237 cm³/mol. The zero-order valence-electron chi connectivity index (χ0n) is 31.2. The number of imidazole rings is 1. The SMILES string of the molecule is c1ccc(-c2nc(-c3ccc(-n4c(-c5ccccc5)c5c6c(cccc64)c4ccccc4n4c6ccccc6nc54)cc3)nc(-c3ccc4ccccc4c3)n2)cc1. The van der Waals surface area contributed by atoms with E-state index in [1.807, 2.05) is 30.3 Å². The van der Waals surface area contributed by atoms with Crippen molar-refractivity contribution in [2.45, 2.75) is 0 Å². The maximum atomic E-state index is 5.39. The monoisotopic (exact) mass is 740 g/mol. The molecule has 0 unspecified atom stereocenters. The highest BCUT2D eigenvalue weighted by Gasteiger charge is 2.24. The minimum absolute atomic E-state index is 0.618. The summed E-state index contributed by atoms with van der Waals surface area (Å²) in [5.74, 6) is 1.89. The zero-order valence-corrected chi connectivity index (χ0v) is 31.2. The molecule has 270 valence electrons. The third kappa shape index (κ3) is 4.98. The second-order valence-corrected chi connectivity index (χ2v) is 14.7. The first-order chi connectivity index (χ1) is 28.8. The summed E-state index contributed by atoms with van der Waals surface area (Å²) < 4.78 is 4.74. The van der Waals surface area contributed by atoms with Gasteiger partial charge in [0.25, 0.3) is 0 Å². The van der Waals surface area contributed by atoms with Crippen LogP contribution in [0.5, 0.6) is 0 Å². The number of hydrogen-bond acceptors (Lipinski definition) is 4. The number of benzene rings is 8. The van der Waals surface area contributed by atoms with Crippen molar-refractivity contribution in [3.63, 3.8) is 0 Å². The molecule has 4 aromatic heterocycles. The van der Waals surface area contributed by atoms with E-state index in [1.165, 1.54) is 21.5 Å². The van der Waals surface area contributed by atoms with E-state index in [-0.39, 0.29) is 0 Å². The van der Waals surface area contributed by atoms with Crippen LogP contribution in [0, 0.1) is 0 Å². The molecule has 8 aromatic carbocycles. The summed E-state index contributed by atoms with van der Waals surface area (Å²) in [5, 5.41) is 6.96. The van der Waals surface area contributed by atoms with Crippen LogP contribution in [0.25, 0.3) is 111 Å². The predicted octanol–water partition coefficient (Wildman–Crippen LogP) is 12.7. The van der Waals surface area contributed by atoms with Gasteiger partial charge in [-0.25, -0.2) is 19.9 Å². The van der Waals surface area contributed by atoms with Crippen LogP contribution >= 0.6 is 0 Å². The molecule has 6 nitrogen and oxygen atoms in total. The third-order valence-electron chi connectivity index (χ3n) is 11.3. The topological polar surface area (TPSA) is 60.9 Å².